The normalized spacial score (nSPS) is 10.2. The van der Waals surface area contributed by atoms with Crippen LogP contribution in [-0.2, 0) is 0 Å². The number of hydrogen-bond donors (Lipinski definition) is 2. The lowest BCUT2D eigenvalue weighted by Crippen LogP contribution is -2.19. The van der Waals surface area contributed by atoms with E-state index in [2.05, 4.69) is 11.4 Å². The summed E-state index contributed by atoms with van der Waals surface area (Å²) in [6.45, 7) is 2.04. The van der Waals surface area contributed by atoms with Crippen molar-refractivity contribution in [2.45, 2.75) is 6.92 Å². The number of nitrogen functional groups attached to an aromatic ring is 1. The van der Waals surface area contributed by atoms with Gasteiger partial charge < -0.3 is 16.0 Å². The molecule has 2 rings (SSSR count). The van der Waals surface area contributed by atoms with Crippen LogP contribution in [0.4, 0.5) is 17.1 Å². The molecule has 0 saturated heterocycles. The van der Waals surface area contributed by atoms with E-state index < -0.39 is 0 Å². The number of carbonyl (C=O) groups excluding carboxylic acids is 1. The summed E-state index contributed by atoms with van der Waals surface area (Å²) in [7, 11) is 3.55. The molecule has 2 aromatic rings. The molecule has 0 atom stereocenters. The second-order valence-electron chi connectivity index (χ2n) is 4.75. The van der Waals surface area contributed by atoms with Gasteiger partial charge in [-0.3, -0.25) is 4.79 Å². The average molecular weight is 269 g/mol. The number of anilines is 3. The van der Waals surface area contributed by atoms with Crippen LogP contribution in [0, 0.1) is 6.92 Å². The van der Waals surface area contributed by atoms with Crippen LogP contribution < -0.4 is 16.0 Å². The van der Waals surface area contributed by atoms with Gasteiger partial charge in [-0.1, -0.05) is 12.1 Å². The predicted octanol–water partition coefficient (Wildman–Crippen LogP) is 2.70. The zero-order chi connectivity index (χ0) is 14.7. The summed E-state index contributed by atoms with van der Waals surface area (Å²) in [5.74, 6) is -0.121. The van der Waals surface area contributed by atoms with E-state index in [0.29, 0.717) is 11.3 Å². The number of nitrogens with zero attached hydrogens (tertiary/aromatic N) is 1. The fourth-order valence-electron chi connectivity index (χ4n) is 2.10. The molecule has 0 radical (unpaired) electrons. The number of nitrogens with one attached hydrogen (secondary N) is 1. The highest BCUT2D eigenvalue weighted by molar-refractivity contribution is 5.96. The molecule has 0 aromatic heterocycles. The first kappa shape index (κ1) is 13.9. The van der Waals surface area contributed by atoms with Crippen molar-refractivity contribution in [1.82, 2.24) is 5.32 Å². The maximum atomic E-state index is 11.7. The van der Waals surface area contributed by atoms with Crippen molar-refractivity contribution in [3.63, 3.8) is 0 Å². The minimum atomic E-state index is -0.121. The molecule has 4 nitrogen and oxygen atoms in total. The Kier molecular flexibility index (Phi) is 3.94. The summed E-state index contributed by atoms with van der Waals surface area (Å²) in [5.41, 5.74) is 10.3. The van der Waals surface area contributed by atoms with Gasteiger partial charge in [0.05, 0.1) is 11.4 Å². The van der Waals surface area contributed by atoms with Crippen molar-refractivity contribution < 1.29 is 4.79 Å². The molecule has 4 heteroatoms. The Morgan fingerprint density at radius 3 is 2.60 bits per heavy atom. The topological polar surface area (TPSA) is 58.4 Å². The summed E-state index contributed by atoms with van der Waals surface area (Å²) in [6.07, 6.45) is 0. The molecule has 0 aliphatic carbocycles. The molecule has 0 aliphatic heterocycles. The number of benzene rings is 2. The number of aryl methyl sites for hydroxylation is 1. The summed E-state index contributed by atoms with van der Waals surface area (Å²) in [5, 5.41) is 2.62. The zero-order valence-electron chi connectivity index (χ0n) is 12.0. The minimum absolute atomic E-state index is 0.121. The van der Waals surface area contributed by atoms with Gasteiger partial charge in [0.15, 0.2) is 0 Å². The van der Waals surface area contributed by atoms with Crippen LogP contribution in [0.1, 0.15) is 15.9 Å². The van der Waals surface area contributed by atoms with E-state index in [4.69, 9.17) is 5.73 Å². The Labute approximate surface area is 119 Å². The monoisotopic (exact) mass is 269 g/mol. The van der Waals surface area contributed by atoms with E-state index >= 15 is 0 Å². The smallest absolute Gasteiger partial charge is 0.251 e. The molecular formula is C16H19N3O. The lowest BCUT2D eigenvalue weighted by Gasteiger charge is -2.22. The van der Waals surface area contributed by atoms with Crippen molar-refractivity contribution in [2.24, 2.45) is 0 Å². The van der Waals surface area contributed by atoms with Crippen molar-refractivity contribution in [3.05, 3.63) is 53.6 Å². The number of hydrogen-bond acceptors (Lipinski definition) is 3. The van der Waals surface area contributed by atoms with Crippen molar-refractivity contribution >= 4 is 23.0 Å². The van der Waals surface area contributed by atoms with Gasteiger partial charge in [-0.15, -0.1) is 0 Å². The molecule has 104 valence electrons. The largest absolute Gasteiger partial charge is 0.397 e. The number of rotatable bonds is 3. The van der Waals surface area contributed by atoms with E-state index in [-0.39, 0.29) is 5.91 Å². The SMILES string of the molecule is CNC(=O)c1ccc(N)c(N(C)c2cccc(C)c2)c1. The zero-order valence-corrected chi connectivity index (χ0v) is 12.0. The average Bonchev–Trinajstić information content (AvgIpc) is 2.46. The molecule has 1 amide bonds. The standard InChI is InChI=1S/C16H19N3O/c1-11-5-4-6-13(9-11)19(3)15-10-12(16(20)18-2)7-8-14(15)17/h4-10H,17H2,1-3H3,(H,18,20). The first-order valence-electron chi connectivity index (χ1n) is 6.45. The van der Waals surface area contributed by atoms with Crippen LogP contribution in [0.5, 0.6) is 0 Å². The lowest BCUT2D eigenvalue weighted by molar-refractivity contribution is 0.0963. The van der Waals surface area contributed by atoms with Crippen LogP contribution in [0.2, 0.25) is 0 Å². The van der Waals surface area contributed by atoms with Gasteiger partial charge in [0.25, 0.3) is 5.91 Å². The lowest BCUT2D eigenvalue weighted by atomic mass is 10.1. The van der Waals surface area contributed by atoms with Gasteiger partial charge in [0.1, 0.15) is 0 Å². The Bertz CT molecular complexity index is 637. The molecule has 3 N–H and O–H groups in total. The Morgan fingerprint density at radius 1 is 1.20 bits per heavy atom. The third kappa shape index (κ3) is 2.74. The second kappa shape index (κ2) is 5.65. The Morgan fingerprint density at radius 2 is 1.95 bits per heavy atom. The highest BCUT2D eigenvalue weighted by Gasteiger charge is 2.11. The van der Waals surface area contributed by atoms with Gasteiger partial charge in [-0.05, 0) is 42.8 Å². The molecule has 0 heterocycles. The Hall–Kier alpha value is -2.49. The fourth-order valence-corrected chi connectivity index (χ4v) is 2.10. The summed E-state index contributed by atoms with van der Waals surface area (Å²) in [4.78, 5) is 13.7. The van der Waals surface area contributed by atoms with Gasteiger partial charge >= 0.3 is 0 Å². The van der Waals surface area contributed by atoms with E-state index in [0.717, 1.165) is 11.4 Å². The molecule has 0 fully saturated rings. The van der Waals surface area contributed by atoms with Gasteiger partial charge in [-0.25, -0.2) is 0 Å². The van der Waals surface area contributed by atoms with E-state index in [9.17, 15) is 4.79 Å². The highest BCUT2D eigenvalue weighted by Crippen LogP contribution is 2.30. The fraction of sp³-hybridized carbons (Fsp3) is 0.188. The van der Waals surface area contributed by atoms with Crippen LogP contribution in [-0.4, -0.2) is 20.0 Å². The first-order chi connectivity index (χ1) is 9.52. The molecule has 20 heavy (non-hydrogen) atoms. The van der Waals surface area contributed by atoms with Gasteiger partial charge in [0, 0.05) is 25.3 Å². The summed E-state index contributed by atoms with van der Waals surface area (Å²) in [6, 6.07) is 13.4. The summed E-state index contributed by atoms with van der Waals surface area (Å²) < 4.78 is 0. The van der Waals surface area contributed by atoms with Gasteiger partial charge in [0.2, 0.25) is 0 Å². The number of carbonyl (C=O) groups is 1. The first-order valence-corrected chi connectivity index (χ1v) is 6.45. The molecule has 0 bridgehead atoms. The summed E-state index contributed by atoms with van der Waals surface area (Å²) >= 11 is 0. The molecule has 0 aliphatic rings. The third-order valence-corrected chi connectivity index (χ3v) is 3.27. The minimum Gasteiger partial charge on any atom is -0.397 e. The predicted molar refractivity (Wildman–Crippen MR) is 83.5 cm³/mol. The van der Waals surface area contributed by atoms with Crippen molar-refractivity contribution in [3.8, 4) is 0 Å². The van der Waals surface area contributed by atoms with Crippen molar-refractivity contribution in [2.75, 3.05) is 24.7 Å². The maximum Gasteiger partial charge on any atom is 0.251 e. The van der Waals surface area contributed by atoms with E-state index in [1.54, 1.807) is 25.2 Å². The van der Waals surface area contributed by atoms with Gasteiger partial charge in [-0.2, -0.15) is 0 Å². The maximum absolute atomic E-state index is 11.7. The molecular weight excluding hydrogens is 250 g/mol. The quantitative estimate of drug-likeness (QED) is 0.842. The number of amides is 1. The third-order valence-electron chi connectivity index (χ3n) is 3.27. The van der Waals surface area contributed by atoms with Crippen molar-refractivity contribution in [1.29, 1.82) is 0 Å². The van der Waals surface area contributed by atoms with Crippen LogP contribution in [0.3, 0.4) is 0 Å². The highest BCUT2D eigenvalue weighted by atomic mass is 16.1. The van der Waals surface area contributed by atoms with Crippen LogP contribution in [0.25, 0.3) is 0 Å². The van der Waals surface area contributed by atoms with Crippen LogP contribution >= 0.6 is 0 Å². The molecule has 0 spiro atoms. The van der Waals surface area contributed by atoms with E-state index in [1.165, 1.54) is 5.56 Å². The van der Waals surface area contributed by atoms with Crippen LogP contribution in [0.15, 0.2) is 42.5 Å². The van der Waals surface area contributed by atoms with E-state index in [1.807, 2.05) is 37.1 Å². The Balaban J connectivity index is 2.43. The second-order valence-corrected chi connectivity index (χ2v) is 4.75. The molecule has 0 unspecified atom stereocenters. The molecule has 0 saturated carbocycles. The molecule has 2 aromatic carbocycles. The number of nitrogens with two attached hydrogens (primary N) is 1.